The second-order valence-electron chi connectivity index (χ2n) is 5.76. The smallest absolute Gasteiger partial charge is 0.244 e. The van der Waals surface area contributed by atoms with E-state index in [1.807, 2.05) is 19.1 Å². The first kappa shape index (κ1) is 15.9. The molecule has 6 nitrogen and oxygen atoms in total. The number of aromatic amines is 1. The number of H-pyrrole nitrogens is 1. The molecule has 6 heteroatoms. The SMILES string of the molecule is CCN(CC)c1ccc([C@H]2C(C#N)=C(N)Oc3n[nH]c(C)c32)cc1. The second kappa shape index (κ2) is 6.28. The van der Waals surface area contributed by atoms with E-state index in [1.165, 1.54) is 0 Å². The van der Waals surface area contributed by atoms with Gasteiger partial charge in [-0.25, -0.2) is 0 Å². The summed E-state index contributed by atoms with van der Waals surface area (Å²) in [6, 6.07) is 10.5. The molecular formula is C18H21N5O. The van der Waals surface area contributed by atoms with Crippen LogP contribution in [0.3, 0.4) is 0 Å². The maximum atomic E-state index is 9.56. The van der Waals surface area contributed by atoms with Crippen molar-refractivity contribution in [3.05, 3.63) is 52.5 Å². The minimum atomic E-state index is -0.261. The molecule has 3 rings (SSSR count). The summed E-state index contributed by atoms with van der Waals surface area (Å²) >= 11 is 0. The number of nitrogens with one attached hydrogen (secondary N) is 1. The van der Waals surface area contributed by atoms with E-state index in [0.29, 0.717) is 11.5 Å². The summed E-state index contributed by atoms with van der Waals surface area (Å²) in [5.74, 6) is 0.305. The van der Waals surface area contributed by atoms with Gasteiger partial charge in [-0.2, -0.15) is 5.26 Å². The number of fused-ring (bicyclic) bond motifs is 1. The number of nitriles is 1. The molecule has 0 radical (unpaired) electrons. The highest BCUT2D eigenvalue weighted by Crippen LogP contribution is 2.42. The zero-order valence-electron chi connectivity index (χ0n) is 14.1. The van der Waals surface area contributed by atoms with Gasteiger partial charge in [0.1, 0.15) is 11.6 Å². The summed E-state index contributed by atoms with van der Waals surface area (Å²) in [6.07, 6.45) is 0. The normalized spacial score (nSPS) is 16.3. The van der Waals surface area contributed by atoms with Gasteiger partial charge in [0.15, 0.2) is 0 Å². The number of benzene rings is 1. The predicted octanol–water partition coefficient (Wildman–Crippen LogP) is 2.78. The lowest BCUT2D eigenvalue weighted by atomic mass is 9.84. The average Bonchev–Trinajstić information content (AvgIpc) is 2.96. The van der Waals surface area contributed by atoms with Crippen LogP contribution in [0.25, 0.3) is 0 Å². The lowest BCUT2D eigenvalue weighted by molar-refractivity contribution is 0.379. The van der Waals surface area contributed by atoms with Gasteiger partial charge in [0.05, 0.1) is 5.92 Å². The van der Waals surface area contributed by atoms with Crippen molar-refractivity contribution in [2.24, 2.45) is 5.73 Å². The van der Waals surface area contributed by atoms with Gasteiger partial charge < -0.3 is 15.4 Å². The molecule has 0 unspecified atom stereocenters. The summed E-state index contributed by atoms with van der Waals surface area (Å²) in [4.78, 5) is 2.28. The maximum Gasteiger partial charge on any atom is 0.244 e. The highest BCUT2D eigenvalue weighted by molar-refractivity contribution is 5.57. The number of allylic oxidation sites excluding steroid dienone is 1. The Morgan fingerprint density at radius 3 is 2.54 bits per heavy atom. The highest BCUT2D eigenvalue weighted by atomic mass is 16.5. The van der Waals surface area contributed by atoms with E-state index in [1.54, 1.807) is 0 Å². The van der Waals surface area contributed by atoms with Crippen molar-refractivity contribution in [2.45, 2.75) is 26.7 Å². The van der Waals surface area contributed by atoms with Crippen molar-refractivity contribution >= 4 is 5.69 Å². The first-order valence-corrected chi connectivity index (χ1v) is 8.08. The molecule has 0 aliphatic carbocycles. The van der Waals surface area contributed by atoms with Crippen LogP contribution in [0.15, 0.2) is 35.7 Å². The zero-order chi connectivity index (χ0) is 17.3. The van der Waals surface area contributed by atoms with E-state index in [0.717, 1.165) is 35.6 Å². The van der Waals surface area contributed by atoms with Crippen molar-refractivity contribution < 1.29 is 4.74 Å². The van der Waals surface area contributed by atoms with Gasteiger partial charge in [0.25, 0.3) is 0 Å². The molecule has 2 aromatic rings. The molecule has 1 aromatic carbocycles. The number of rotatable bonds is 4. The number of nitrogens with zero attached hydrogens (tertiary/aromatic N) is 3. The third-order valence-corrected chi connectivity index (χ3v) is 4.48. The largest absolute Gasteiger partial charge is 0.420 e. The number of aromatic nitrogens is 2. The monoisotopic (exact) mass is 323 g/mol. The van der Waals surface area contributed by atoms with Crippen molar-refractivity contribution in [2.75, 3.05) is 18.0 Å². The molecule has 1 aromatic heterocycles. The summed E-state index contributed by atoms with van der Waals surface area (Å²) in [7, 11) is 0. The number of hydrogen-bond acceptors (Lipinski definition) is 5. The lowest BCUT2D eigenvalue weighted by Crippen LogP contribution is -2.22. The third kappa shape index (κ3) is 2.48. The Morgan fingerprint density at radius 1 is 1.29 bits per heavy atom. The van der Waals surface area contributed by atoms with Gasteiger partial charge in [-0.15, -0.1) is 5.10 Å². The average molecular weight is 323 g/mol. The summed E-state index contributed by atoms with van der Waals surface area (Å²) < 4.78 is 5.49. The number of nitrogens with two attached hydrogens (primary N) is 1. The molecule has 1 aliphatic rings. The Bertz CT molecular complexity index is 809. The van der Waals surface area contributed by atoms with Crippen LogP contribution in [0.1, 0.15) is 36.6 Å². The van der Waals surface area contributed by atoms with Gasteiger partial charge in [-0.3, -0.25) is 5.10 Å². The fourth-order valence-corrected chi connectivity index (χ4v) is 3.20. The Labute approximate surface area is 141 Å². The molecular weight excluding hydrogens is 302 g/mol. The van der Waals surface area contributed by atoms with Crippen molar-refractivity contribution in [1.82, 2.24) is 10.2 Å². The van der Waals surface area contributed by atoms with Crippen molar-refractivity contribution in [1.29, 1.82) is 5.26 Å². The quantitative estimate of drug-likeness (QED) is 0.903. The fraction of sp³-hybridized carbons (Fsp3) is 0.333. The molecule has 24 heavy (non-hydrogen) atoms. The first-order chi connectivity index (χ1) is 11.6. The molecule has 0 fully saturated rings. The standard InChI is InChI=1S/C18H21N5O/c1-4-23(5-2)13-8-6-12(7-9-13)16-14(10-19)17(20)24-18-15(16)11(3)21-22-18/h6-9,16H,4-5,20H2,1-3H3,(H,21,22)/t16-/m0/s1. The summed E-state index contributed by atoms with van der Waals surface area (Å²) in [5, 5.41) is 16.6. The van der Waals surface area contributed by atoms with Gasteiger partial charge in [0, 0.05) is 30.0 Å². The van der Waals surface area contributed by atoms with Gasteiger partial charge >= 0.3 is 0 Å². The molecule has 1 atom stereocenters. The molecule has 2 heterocycles. The topological polar surface area (TPSA) is 91.0 Å². The van der Waals surface area contributed by atoms with Gasteiger partial charge in [0.2, 0.25) is 11.8 Å². The Morgan fingerprint density at radius 2 is 1.96 bits per heavy atom. The molecule has 0 saturated carbocycles. The van der Waals surface area contributed by atoms with E-state index in [9.17, 15) is 5.26 Å². The van der Waals surface area contributed by atoms with E-state index in [4.69, 9.17) is 10.5 Å². The molecule has 0 bridgehead atoms. The van der Waals surface area contributed by atoms with Crippen molar-refractivity contribution in [3.63, 3.8) is 0 Å². The van der Waals surface area contributed by atoms with Crippen LogP contribution < -0.4 is 15.4 Å². The number of ether oxygens (including phenoxy) is 1. The van der Waals surface area contributed by atoms with E-state index >= 15 is 0 Å². The molecule has 1 aliphatic heterocycles. The predicted molar refractivity (Wildman–Crippen MR) is 92.6 cm³/mol. The van der Waals surface area contributed by atoms with Crippen LogP contribution in [-0.4, -0.2) is 23.3 Å². The Balaban J connectivity index is 2.07. The lowest BCUT2D eigenvalue weighted by Gasteiger charge is -2.25. The zero-order valence-corrected chi connectivity index (χ0v) is 14.1. The number of aryl methyl sites for hydroxylation is 1. The molecule has 3 N–H and O–H groups in total. The molecule has 0 saturated heterocycles. The second-order valence-corrected chi connectivity index (χ2v) is 5.76. The number of anilines is 1. The summed E-state index contributed by atoms with van der Waals surface area (Å²) in [5.41, 5.74) is 10.3. The maximum absolute atomic E-state index is 9.56. The first-order valence-electron chi connectivity index (χ1n) is 8.08. The van der Waals surface area contributed by atoms with Crippen LogP contribution in [-0.2, 0) is 0 Å². The van der Waals surface area contributed by atoms with E-state index < -0.39 is 0 Å². The van der Waals surface area contributed by atoms with Gasteiger partial charge in [-0.1, -0.05) is 12.1 Å². The molecule has 0 spiro atoms. The van der Waals surface area contributed by atoms with Crippen LogP contribution >= 0.6 is 0 Å². The Hall–Kier alpha value is -2.94. The molecule has 0 amide bonds. The minimum Gasteiger partial charge on any atom is -0.420 e. The number of hydrogen-bond donors (Lipinski definition) is 2. The van der Waals surface area contributed by atoms with Gasteiger partial charge in [-0.05, 0) is 38.5 Å². The van der Waals surface area contributed by atoms with Crippen LogP contribution in [0.2, 0.25) is 0 Å². The minimum absolute atomic E-state index is 0.120. The van der Waals surface area contributed by atoms with Crippen molar-refractivity contribution in [3.8, 4) is 11.9 Å². The third-order valence-electron chi connectivity index (χ3n) is 4.48. The van der Waals surface area contributed by atoms with Crippen LogP contribution in [0.4, 0.5) is 5.69 Å². The molecule has 124 valence electrons. The van der Waals surface area contributed by atoms with Crippen LogP contribution in [0, 0.1) is 18.3 Å². The Kier molecular flexibility index (Phi) is 4.17. The van der Waals surface area contributed by atoms with E-state index in [-0.39, 0.29) is 11.8 Å². The highest BCUT2D eigenvalue weighted by Gasteiger charge is 2.34. The summed E-state index contributed by atoms with van der Waals surface area (Å²) in [6.45, 7) is 8.09. The van der Waals surface area contributed by atoms with E-state index in [2.05, 4.69) is 47.1 Å². The van der Waals surface area contributed by atoms with Crippen LogP contribution in [0.5, 0.6) is 5.88 Å². The fourth-order valence-electron chi connectivity index (χ4n) is 3.20.